The second kappa shape index (κ2) is 4.63. The van der Waals surface area contributed by atoms with Crippen LogP contribution in [0.1, 0.15) is 16.7 Å². The Kier molecular flexibility index (Phi) is 2.98. The Hall–Kier alpha value is -1.51. The number of quaternary nitrogens is 1. The Labute approximate surface area is 112 Å². The monoisotopic (exact) mass is 254 g/mol. The predicted molar refractivity (Wildman–Crippen MR) is 76.6 cm³/mol. The standard InChI is InChI=1S/C16H15NS/c1-11-6-7-16-14(10-11)12(8-9-17)13-4-2-3-5-15(13)18-16/h2-8,10H,9,17H2,1H3/p+1/b12-8-. The van der Waals surface area contributed by atoms with E-state index >= 15 is 0 Å². The number of aryl methyl sites for hydroxylation is 1. The van der Waals surface area contributed by atoms with Crippen LogP contribution in [0.4, 0.5) is 0 Å². The van der Waals surface area contributed by atoms with Gasteiger partial charge in [-0.05, 0) is 41.8 Å². The fourth-order valence-electron chi connectivity index (χ4n) is 2.35. The van der Waals surface area contributed by atoms with Gasteiger partial charge in [0, 0.05) is 9.79 Å². The minimum atomic E-state index is 0.821. The van der Waals surface area contributed by atoms with E-state index in [1.165, 1.54) is 32.1 Å². The van der Waals surface area contributed by atoms with Crippen LogP contribution in [0.3, 0.4) is 0 Å². The lowest BCUT2D eigenvalue weighted by atomic mass is 9.95. The smallest absolute Gasteiger partial charge is 0.0936 e. The molecule has 3 N–H and O–H groups in total. The van der Waals surface area contributed by atoms with Gasteiger partial charge in [-0.3, -0.25) is 0 Å². The predicted octanol–water partition coefficient (Wildman–Crippen LogP) is 3.13. The highest BCUT2D eigenvalue weighted by atomic mass is 32.2. The van der Waals surface area contributed by atoms with Gasteiger partial charge in [0.05, 0.1) is 6.54 Å². The normalized spacial score (nSPS) is 15.3. The largest absolute Gasteiger partial charge is 0.354 e. The molecule has 0 saturated carbocycles. The summed E-state index contributed by atoms with van der Waals surface area (Å²) in [5.74, 6) is 0. The summed E-state index contributed by atoms with van der Waals surface area (Å²) in [6.07, 6.45) is 2.23. The zero-order valence-electron chi connectivity index (χ0n) is 10.4. The summed E-state index contributed by atoms with van der Waals surface area (Å²) in [5, 5.41) is 0. The van der Waals surface area contributed by atoms with Crippen molar-refractivity contribution >= 4 is 17.3 Å². The molecule has 2 aromatic carbocycles. The highest BCUT2D eigenvalue weighted by Crippen LogP contribution is 2.45. The summed E-state index contributed by atoms with van der Waals surface area (Å²) in [4.78, 5) is 2.69. The first-order valence-corrected chi connectivity index (χ1v) is 6.99. The molecule has 1 nitrogen and oxygen atoms in total. The molecule has 0 aliphatic carbocycles. The Morgan fingerprint density at radius 3 is 2.67 bits per heavy atom. The summed E-state index contributed by atoms with van der Waals surface area (Å²) < 4.78 is 0. The molecule has 90 valence electrons. The molecule has 3 rings (SSSR count). The first-order valence-electron chi connectivity index (χ1n) is 6.17. The van der Waals surface area contributed by atoms with Crippen molar-refractivity contribution in [3.63, 3.8) is 0 Å². The summed E-state index contributed by atoms with van der Waals surface area (Å²) >= 11 is 1.86. The van der Waals surface area contributed by atoms with Crippen LogP contribution in [0.5, 0.6) is 0 Å². The van der Waals surface area contributed by atoms with Gasteiger partial charge < -0.3 is 5.73 Å². The summed E-state index contributed by atoms with van der Waals surface area (Å²) in [7, 11) is 0. The molecule has 0 fully saturated rings. The average Bonchev–Trinajstić information content (AvgIpc) is 2.39. The first-order chi connectivity index (χ1) is 8.79. The highest BCUT2D eigenvalue weighted by molar-refractivity contribution is 7.99. The van der Waals surface area contributed by atoms with Crippen LogP contribution >= 0.6 is 11.8 Å². The summed E-state index contributed by atoms with van der Waals surface area (Å²) in [6, 6.07) is 15.3. The van der Waals surface area contributed by atoms with Gasteiger partial charge in [-0.2, -0.15) is 0 Å². The molecule has 0 spiro atoms. The van der Waals surface area contributed by atoms with Gasteiger partial charge in [-0.25, -0.2) is 0 Å². The number of hydrogen-bond acceptors (Lipinski definition) is 1. The van der Waals surface area contributed by atoms with E-state index in [0.29, 0.717) is 0 Å². The minimum Gasteiger partial charge on any atom is -0.354 e. The Balaban J connectivity index is 2.25. The van der Waals surface area contributed by atoms with E-state index < -0.39 is 0 Å². The molecule has 0 radical (unpaired) electrons. The van der Waals surface area contributed by atoms with Crippen molar-refractivity contribution in [2.45, 2.75) is 16.7 Å². The summed E-state index contributed by atoms with van der Waals surface area (Å²) in [5.41, 5.74) is 9.29. The zero-order valence-corrected chi connectivity index (χ0v) is 11.3. The van der Waals surface area contributed by atoms with Gasteiger partial charge in [0.15, 0.2) is 0 Å². The van der Waals surface area contributed by atoms with Gasteiger partial charge in [0.1, 0.15) is 0 Å². The van der Waals surface area contributed by atoms with Crippen molar-refractivity contribution in [3.8, 4) is 0 Å². The van der Waals surface area contributed by atoms with Crippen LogP contribution in [0, 0.1) is 6.92 Å². The molecule has 0 atom stereocenters. The molecule has 0 aromatic heterocycles. The number of hydrogen-bond donors (Lipinski definition) is 1. The maximum Gasteiger partial charge on any atom is 0.0936 e. The number of benzene rings is 2. The molecule has 0 bridgehead atoms. The molecule has 2 heteroatoms. The average molecular weight is 254 g/mol. The molecular formula is C16H16NS+. The second-order valence-electron chi connectivity index (χ2n) is 4.50. The fourth-order valence-corrected chi connectivity index (χ4v) is 3.44. The first kappa shape index (κ1) is 11.6. The molecule has 2 aromatic rings. The van der Waals surface area contributed by atoms with Crippen LogP contribution in [-0.2, 0) is 0 Å². The summed E-state index contributed by atoms with van der Waals surface area (Å²) in [6.45, 7) is 2.97. The molecule has 0 unspecified atom stereocenters. The van der Waals surface area contributed by atoms with Crippen LogP contribution < -0.4 is 5.73 Å². The Bertz CT molecular complexity index is 629. The quantitative estimate of drug-likeness (QED) is 0.710. The third-order valence-electron chi connectivity index (χ3n) is 3.17. The fraction of sp³-hybridized carbons (Fsp3) is 0.125. The molecule has 18 heavy (non-hydrogen) atoms. The van der Waals surface area contributed by atoms with Crippen molar-refractivity contribution in [2.24, 2.45) is 0 Å². The zero-order chi connectivity index (χ0) is 12.5. The molecule has 0 amide bonds. The van der Waals surface area contributed by atoms with Crippen molar-refractivity contribution in [3.05, 3.63) is 65.2 Å². The van der Waals surface area contributed by atoms with E-state index in [0.717, 1.165) is 6.54 Å². The van der Waals surface area contributed by atoms with Crippen LogP contribution in [0.25, 0.3) is 5.57 Å². The molecule has 0 saturated heterocycles. The van der Waals surface area contributed by atoms with Crippen LogP contribution in [0.15, 0.2) is 58.3 Å². The van der Waals surface area contributed by atoms with Crippen molar-refractivity contribution in [2.75, 3.05) is 6.54 Å². The van der Waals surface area contributed by atoms with Gasteiger partial charge >= 0.3 is 0 Å². The van der Waals surface area contributed by atoms with Gasteiger partial charge in [0.2, 0.25) is 0 Å². The van der Waals surface area contributed by atoms with E-state index in [1.54, 1.807) is 0 Å². The third kappa shape index (κ3) is 1.88. The maximum atomic E-state index is 3.96. The lowest BCUT2D eigenvalue weighted by Gasteiger charge is -2.22. The van der Waals surface area contributed by atoms with Crippen LogP contribution in [0.2, 0.25) is 0 Å². The van der Waals surface area contributed by atoms with E-state index in [4.69, 9.17) is 0 Å². The minimum absolute atomic E-state index is 0.821. The topological polar surface area (TPSA) is 27.6 Å². The molecular weight excluding hydrogens is 238 g/mol. The second-order valence-corrected chi connectivity index (χ2v) is 5.59. The lowest BCUT2D eigenvalue weighted by Crippen LogP contribution is -2.49. The molecule has 1 aliphatic heterocycles. The SMILES string of the molecule is Cc1ccc2c(c1)/C(=C\C[NH3+])c1ccccc1S2. The number of fused-ring (bicyclic) bond motifs is 2. The van der Waals surface area contributed by atoms with E-state index in [9.17, 15) is 0 Å². The van der Waals surface area contributed by atoms with E-state index in [-0.39, 0.29) is 0 Å². The molecule has 1 aliphatic rings. The maximum absolute atomic E-state index is 3.96. The molecule has 1 heterocycles. The Morgan fingerprint density at radius 2 is 1.83 bits per heavy atom. The lowest BCUT2D eigenvalue weighted by molar-refractivity contribution is -0.352. The van der Waals surface area contributed by atoms with Crippen molar-refractivity contribution in [1.82, 2.24) is 0 Å². The van der Waals surface area contributed by atoms with E-state index in [2.05, 4.69) is 61.2 Å². The van der Waals surface area contributed by atoms with Gasteiger partial charge in [-0.1, -0.05) is 47.7 Å². The van der Waals surface area contributed by atoms with Crippen LogP contribution in [-0.4, -0.2) is 6.54 Å². The number of rotatable bonds is 1. The Morgan fingerprint density at radius 1 is 1.06 bits per heavy atom. The van der Waals surface area contributed by atoms with Crippen molar-refractivity contribution in [1.29, 1.82) is 0 Å². The van der Waals surface area contributed by atoms with E-state index in [1.807, 2.05) is 11.8 Å². The van der Waals surface area contributed by atoms with Gasteiger partial charge in [0.25, 0.3) is 0 Å². The van der Waals surface area contributed by atoms with Gasteiger partial charge in [-0.15, -0.1) is 0 Å². The van der Waals surface area contributed by atoms with Crippen molar-refractivity contribution < 1.29 is 5.73 Å². The third-order valence-corrected chi connectivity index (χ3v) is 4.32. The highest BCUT2D eigenvalue weighted by Gasteiger charge is 2.20.